The molecule has 0 aliphatic carbocycles. The molecule has 0 radical (unpaired) electrons. The molecule has 2 aromatic rings. The number of nitrogens with zero attached hydrogens (tertiary/aromatic N) is 2. The standard InChI is InChI=1S/C24H29F3N4O4/c1-2-34-21(32)11-16-10-15-4-5-18(12-19(15)20(30-22(16)33)13-24(25,26)27)35-9-6-17-14-31-8-3-7-28-23(31)29-17/h4-5,12,14,16,20H,2-3,6-11,13H2,1H3,(H,28,29)(H,30,33)/t16-,20?/m0/s1. The third kappa shape index (κ3) is 6.46. The zero-order chi connectivity index (χ0) is 25.0. The lowest BCUT2D eigenvalue weighted by atomic mass is 9.92. The van der Waals surface area contributed by atoms with Gasteiger partial charge in [-0.15, -0.1) is 0 Å². The van der Waals surface area contributed by atoms with Gasteiger partial charge in [0.05, 0.1) is 43.7 Å². The van der Waals surface area contributed by atoms with Crippen LogP contribution >= 0.6 is 0 Å². The van der Waals surface area contributed by atoms with Gasteiger partial charge in [0.2, 0.25) is 11.9 Å². The molecule has 35 heavy (non-hydrogen) atoms. The van der Waals surface area contributed by atoms with E-state index >= 15 is 0 Å². The minimum absolute atomic E-state index is 0.141. The van der Waals surface area contributed by atoms with Gasteiger partial charge in [-0.25, -0.2) is 4.98 Å². The Kier molecular flexibility index (Phi) is 7.51. The topological polar surface area (TPSA) is 94.5 Å². The summed E-state index contributed by atoms with van der Waals surface area (Å²) in [6.45, 7) is 3.91. The van der Waals surface area contributed by atoms with Crippen LogP contribution in [0.2, 0.25) is 0 Å². The predicted molar refractivity (Wildman–Crippen MR) is 121 cm³/mol. The van der Waals surface area contributed by atoms with Crippen molar-refractivity contribution in [2.45, 2.75) is 57.8 Å². The van der Waals surface area contributed by atoms with Crippen LogP contribution in [-0.4, -0.2) is 47.4 Å². The first-order chi connectivity index (χ1) is 16.7. The number of nitrogens with one attached hydrogen (secondary N) is 2. The molecule has 1 aromatic heterocycles. The van der Waals surface area contributed by atoms with Gasteiger partial charge in [0.1, 0.15) is 5.75 Å². The van der Waals surface area contributed by atoms with Crippen molar-refractivity contribution in [1.82, 2.24) is 14.9 Å². The maximum Gasteiger partial charge on any atom is 0.391 e. The minimum atomic E-state index is -4.48. The third-order valence-electron chi connectivity index (χ3n) is 6.11. The molecule has 0 bridgehead atoms. The van der Waals surface area contributed by atoms with E-state index in [2.05, 4.69) is 20.2 Å². The highest BCUT2D eigenvalue weighted by Gasteiger charge is 2.38. The predicted octanol–water partition coefficient (Wildman–Crippen LogP) is 3.56. The quantitative estimate of drug-likeness (QED) is 0.545. The second-order valence-electron chi connectivity index (χ2n) is 8.78. The molecule has 2 aliphatic rings. The third-order valence-corrected chi connectivity index (χ3v) is 6.11. The molecule has 11 heteroatoms. The highest BCUT2D eigenvalue weighted by molar-refractivity contribution is 5.85. The fourth-order valence-electron chi connectivity index (χ4n) is 4.50. The number of benzene rings is 1. The van der Waals surface area contributed by atoms with Crippen LogP contribution < -0.4 is 15.4 Å². The first-order valence-electron chi connectivity index (χ1n) is 11.8. The van der Waals surface area contributed by atoms with Gasteiger partial charge < -0.3 is 24.7 Å². The van der Waals surface area contributed by atoms with Crippen molar-refractivity contribution in [3.63, 3.8) is 0 Å². The minimum Gasteiger partial charge on any atom is -0.493 e. The van der Waals surface area contributed by atoms with E-state index in [4.69, 9.17) is 9.47 Å². The zero-order valence-electron chi connectivity index (χ0n) is 19.5. The fraction of sp³-hybridized carbons (Fsp3) is 0.542. The maximum atomic E-state index is 13.3. The summed E-state index contributed by atoms with van der Waals surface area (Å²) in [5.41, 5.74) is 1.79. The Morgan fingerprint density at radius 2 is 2.14 bits per heavy atom. The lowest BCUT2D eigenvalue weighted by Crippen LogP contribution is -2.35. The fourth-order valence-corrected chi connectivity index (χ4v) is 4.50. The van der Waals surface area contributed by atoms with E-state index in [9.17, 15) is 22.8 Å². The second-order valence-corrected chi connectivity index (χ2v) is 8.78. The number of aromatic nitrogens is 2. The Hall–Kier alpha value is -3.24. The largest absolute Gasteiger partial charge is 0.493 e. The highest BCUT2D eigenvalue weighted by atomic mass is 19.4. The Morgan fingerprint density at radius 1 is 1.31 bits per heavy atom. The molecule has 0 fully saturated rings. The van der Waals surface area contributed by atoms with Gasteiger partial charge in [0.25, 0.3) is 0 Å². The van der Waals surface area contributed by atoms with Crippen molar-refractivity contribution in [3.05, 3.63) is 41.2 Å². The molecule has 2 atom stereocenters. The Balaban J connectivity index is 1.48. The molecule has 0 spiro atoms. The van der Waals surface area contributed by atoms with Crippen LogP contribution in [0, 0.1) is 5.92 Å². The number of alkyl halides is 3. The van der Waals surface area contributed by atoms with Gasteiger partial charge in [0, 0.05) is 25.7 Å². The Bertz CT molecular complexity index is 1050. The van der Waals surface area contributed by atoms with E-state index in [-0.39, 0.29) is 19.4 Å². The molecular weight excluding hydrogens is 465 g/mol. The van der Waals surface area contributed by atoms with Gasteiger partial charge in [-0.2, -0.15) is 13.2 Å². The van der Waals surface area contributed by atoms with Gasteiger partial charge in [-0.05, 0) is 43.0 Å². The lowest BCUT2D eigenvalue weighted by Gasteiger charge is -2.21. The molecule has 4 rings (SSSR count). The first-order valence-corrected chi connectivity index (χ1v) is 11.8. The van der Waals surface area contributed by atoms with Gasteiger partial charge in [-0.3, -0.25) is 9.59 Å². The summed E-state index contributed by atoms with van der Waals surface area (Å²) in [6.07, 6.45) is -2.20. The van der Waals surface area contributed by atoms with Gasteiger partial charge >= 0.3 is 12.1 Å². The second kappa shape index (κ2) is 10.6. The summed E-state index contributed by atoms with van der Waals surface area (Å²) in [7, 11) is 0. The summed E-state index contributed by atoms with van der Waals surface area (Å²) in [4.78, 5) is 29.1. The number of carbonyl (C=O) groups is 2. The van der Waals surface area contributed by atoms with Crippen LogP contribution in [0.15, 0.2) is 24.4 Å². The van der Waals surface area contributed by atoms with Crippen LogP contribution in [0.3, 0.4) is 0 Å². The van der Waals surface area contributed by atoms with Crippen LogP contribution in [0.5, 0.6) is 5.75 Å². The number of anilines is 1. The van der Waals surface area contributed by atoms with Crippen molar-refractivity contribution in [2.24, 2.45) is 5.92 Å². The number of esters is 1. The van der Waals surface area contributed by atoms with E-state index in [1.807, 2.05) is 6.20 Å². The molecule has 0 saturated carbocycles. The maximum absolute atomic E-state index is 13.3. The number of fused-ring (bicyclic) bond motifs is 2. The van der Waals surface area contributed by atoms with E-state index < -0.39 is 36.4 Å². The molecule has 2 aliphatic heterocycles. The average molecular weight is 495 g/mol. The number of imidazole rings is 1. The normalized spacial score (nSPS) is 19.6. The molecule has 0 saturated heterocycles. The molecule has 1 unspecified atom stereocenters. The summed E-state index contributed by atoms with van der Waals surface area (Å²) in [5.74, 6) is -0.711. The molecule has 190 valence electrons. The number of hydrogen-bond acceptors (Lipinski definition) is 6. The van der Waals surface area contributed by atoms with Crippen LogP contribution in [-0.2, 0) is 33.7 Å². The monoisotopic (exact) mass is 494 g/mol. The van der Waals surface area contributed by atoms with Crippen LogP contribution in [0.4, 0.5) is 19.1 Å². The lowest BCUT2D eigenvalue weighted by molar-refractivity contribution is -0.148. The Morgan fingerprint density at radius 3 is 2.89 bits per heavy atom. The number of carbonyl (C=O) groups excluding carboxylic acids is 2. The highest BCUT2D eigenvalue weighted by Crippen LogP contribution is 2.36. The SMILES string of the molecule is CCOC(=O)C[C@@H]1Cc2ccc(OCCc3cn4c(n3)NCCC4)cc2C(CC(F)(F)F)NC1=O. The smallest absolute Gasteiger partial charge is 0.391 e. The molecule has 3 heterocycles. The number of halogens is 3. The van der Waals surface area contributed by atoms with E-state index in [0.29, 0.717) is 29.9 Å². The first kappa shape index (κ1) is 24.9. The average Bonchev–Trinajstić information content (AvgIpc) is 3.16. The van der Waals surface area contributed by atoms with Gasteiger partial charge in [-0.1, -0.05) is 6.07 Å². The molecule has 2 N–H and O–H groups in total. The number of rotatable bonds is 8. The number of hydrogen-bond donors (Lipinski definition) is 2. The van der Waals surface area contributed by atoms with Crippen molar-refractivity contribution in [3.8, 4) is 5.75 Å². The van der Waals surface area contributed by atoms with Crippen molar-refractivity contribution in [2.75, 3.05) is 25.1 Å². The molecule has 8 nitrogen and oxygen atoms in total. The number of amides is 1. The Labute approximate surface area is 201 Å². The van der Waals surface area contributed by atoms with Crippen molar-refractivity contribution in [1.29, 1.82) is 0 Å². The summed E-state index contributed by atoms with van der Waals surface area (Å²) in [6, 6.07) is 3.64. The molecule has 1 aromatic carbocycles. The molecule has 1 amide bonds. The van der Waals surface area contributed by atoms with E-state index in [0.717, 1.165) is 31.2 Å². The zero-order valence-corrected chi connectivity index (χ0v) is 19.5. The van der Waals surface area contributed by atoms with Crippen molar-refractivity contribution < 1.29 is 32.2 Å². The summed E-state index contributed by atoms with van der Waals surface area (Å²) in [5, 5.41) is 5.72. The molecular formula is C24H29F3N4O4. The number of aryl methyl sites for hydroxylation is 1. The number of ether oxygens (including phenoxy) is 2. The van der Waals surface area contributed by atoms with Crippen LogP contribution in [0.1, 0.15) is 49.0 Å². The van der Waals surface area contributed by atoms with Crippen molar-refractivity contribution >= 4 is 17.8 Å². The summed E-state index contributed by atoms with van der Waals surface area (Å²) >= 11 is 0. The van der Waals surface area contributed by atoms with Crippen LogP contribution in [0.25, 0.3) is 0 Å². The van der Waals surface area contributed by atoms with E-state index in [1.54, 1.807) is 25.1 Å². The van der Waals surface area contributed by atoms with Gasteiger partial charge in [0.15, 0.2) is 0 Å². The van der Waals surface area contributed by atoms with E-state index in [1.165, 1.54) is 0 Å². The summed E-state index contributed by atoms with van der Waals surface area (Å²) < 4.78 is 52.8.